The van der Waals surface area contributed by atoms with Crippen molar-refractivity contribution in [2.24, 2.45) is 0 Å². The molecule has 1 N–H and O–H groups in total. The molecule has 0 fully saturated rings. The number of nitro groups is 2. The first-order chi connectivity index (χ1) is 8.41. The smallest absolute Gasteiger partial charge is 0.361 e. The third-order valence-electron chi connectivity index (χ3n) is 2.35. The van der Waals surface area contributed by atoms with Gasteiger partial charge in [-0.1, -0.05) is 0 Å². The van der Waals surface area contributed by atoms with E-state index < -0.39 is 21.1 Å². The van der Waals surface area contributed by atoms with Crippen molar-refractivity contribution < 1.29 is 15.1 Å². The number of pyridine rings is 1. The van der Waals surface area contributed by atoms with Crippen molar-refractivity contribution in [2.75, 3.05) is 0 Å². The highest BCUT2D eigenvalue weighted by molar-refractivity contribution is 5.83. The molecule has 2 aromatic rings. The highest BCUT2D eigenvalue weighted by Crippen LogP contribution is 2.21. The quantitative estimate of drug-likeness (QED) is 0.482. The van der Waals surface area contributed by atoms with Crippen molar-refractivity contribution >= 4 is 22.3 Å². The Morgan fingerprint density at radius 1 is 1.11 bits per heavy atom. The van der Waals surface area contributed by atoms with Gasteiger partial charge in [-0.2, -0.15) is 0 Å². The van der Waals surface area contributed by atoms with Gasteiger partial charge in [0.2, 0.25) is 0 Å². The highest BCUT2D eigenvalue weighted by atomic mass is 16.6. The normalized spacial score (nSPS) is 10.4. The molecule has 92 valence electrons. The molecule has 0 unspecified atom stereocenters. The van der Waals surface area contributed by atoms with Crippen LogP contribution in [0.4, 0.5) is 11.4 Å². The Kier molecular flexibility index (Phi) is 2.43. The summed E-state index contributed by atoms with van der Waals surface area (Å²) in [5, 5.41) is 30.6. The van der Waals surface area contributed by atoms with Gasteiger partial charge in [-0.15, -0.1) is 4.73 Å². The maximum Gasteiger partial charge on any atom is 0.361 e. The Bertz CT molecular complexity index is 735. The molecular weight excluding hydrogens is 246 g/mol. The predicted molar refractivity (Wildman–Crippen MR) is 58.7 cm³/mol. The van der Waals surface area contributed by atoms with E-state index in [0.29, 0.717) is 0 Å². The second-order valence-electron chi connectivity index (χ2n) is 3.40. The van der Waals surface area contributed by atoms with E-state index in [9.17, 15) is 30.2 Å². The summed E-state index contributed by atoms with van der Waals surface area (Å²) in [5.41, 5.74) is -2.39. The number of nitro benzene ring substituents is 1. The summed E-state index contributed by atoms with van der Waals surface area (Å²) >= 11 is 0. The van der Waals surface area contributed by atoms with E-state index in [0.717, 1.165) is 24.3 Å². The number of aromatic nitrogens is 1. The number of rotatable bonds is 2. The lowest BCUT2D eigenvalue weighted by Crippen LogP contribution is -2.20. The molecule has 0 aliphatic carbocycles. The minimum atomic E-state index is -1.19. The fourth-order valence-electron chi connectivity index (χ4n) is 1.52. The zero-order chi connectivity index (χ0) is 13.4. The molecule has 9 heteroatoms. The minimum Gasteiger partial charge on any atom is -0.425 e. The molecular formula is C9H5N3O6. The van der Waals surface area contributed by atoms with Crippen LogP contribution in [-0.2, 0) is 0 Å². The molecule has 0 atom stereocenters. The first-order valence-electron chi connectivity index (χ1n) is 4.59. The van der Waals surface area contributed by atoms with Crippen LogP contribution < -0.4 is 5.56 Å². The maximum atomic E-state index is 11.4. The summed E-state index contributed by atoms with van der Waals surface area (Å²) in [7, 11) is 0. The van der Waals surface area contributed by atoms with E-state index in [4.69, 9.17) is 0 Å². The van der Waals surface area contributed by atoms with Crippen LogP contribution in [0.5, 0.6) is 0 Å². The summed E-state index contributed by atoms with van der Waals surface area (Å²) < 4.78 is 0.0944. The molecule has 1 aromatic heterocycles. The molecule has 1 aromatic carbocycles. The molecule has 9 nitrogen and oxygen atoms in total. The molecule has 1 heterocycles. The van der Waals surface area contributed by atoms with Gasteiger partial charge in [-0.3, -0.25) is 25.0 Å². The fourth-order valence-corrected chi connectivity index (χ4v) is 1.52. The molecule has 0 aliphatic rings. The lowest BCUT2D eigenvalue weighted by Gasteiger charge is -2.02. The van der Waals surface area contributed by atoms with Crippen LogP contribution in [0, 0.1) is 20.2 Å². The molecule has 0 amide bonds. The van der Waals surface area contributed by atoms with Crippen LogP contribution in [0.3, 0.4) is 0 Å². The van der Waals surface area contributed by atoms with Crippen molar-refractivity contribution in [3.63, 3.8) is 0 Å². The van der Waals surface area contributed by atoms with Gasteiger partial charge in [-0.05, 0) is 6.07 Å². The Morgan fingerprint density at radius 2 is 1.78 bits per heavy atom. The van der Waals surface area contributed by atoms with Crippen molar-refractivity contribution in [1.82, 2.24) is 4.73 Å². The standard InChI is InChI=1S/C9H5N3O6/c13-9-8(12(17)18)4-5-3-6(11(15)16)1-2-7(5)10(9)14/h1-4,14H. The molecule has 0 spiro atoms. The van der Waals surface area contributed by atoms with Gasteiger partial charge in [0.25, 0.3) is 5.69 Å². The van der Waals surface area contributed by atoms with E-state index in [1.165, 1.54) is 0 Å². The van der Waals surface area contributed by atoms with Crippen LogP contribution in [0.15, 0.2) is 29.1 Å². The third-order valence-corrected chi connectivity index (χ3v) is 2.35. The van der Waals surface area contributed by atoms with Gasteiger partial charge in [0.1, 0.15) is 0 Å². The monoisotopic (exact) mass is 251 g/mol. The molecule has 18 heavy (non-hydrogen) atoms. The second-order valence-corrected chi connectivity index (χ2v) is 3.40. The lowest BCUT2D eigenvalue weighted by molar-refractivity contribution is -0.386. The summed E-state index contributed by atoms with van der Waals surface area (Å²) in [6.07, 6.45) is 0. The van der Waals surface area contributed by atoms with Crippen molar-refractivity contribution in [3.8, 4) is 0 Å². The second kappa shape index (κ2) is 3.80. The Morgan fingerprint density at radius 3 is 2.33 bits per heavy atom. The predicted octanol–water partition coefficient (Wildman–Crippen LogP) is 1.06. The molecule has 0 saturated carbocycles. The van der Waals surface area contributed by atoms with Crippen LogP contribution in [0.2, 0.25) is 0 Å². The van der Waals surface area contributed by atoms with Gasteiger partial charge in [-0.25, -0.2) is 0 Å². The van der Waals surface area contributed by atoms with Gasteiger partial charge < -0.3 is 5.21 Å². The summed E-state index contributed by atoms with van der Waals surface area (Å²) in [6, 6.07) is 4.14. The topological polar surface area (TPSA) is 129 Å². The molecule has 0 bridgehead atoms. The van der Waals surface area contributed by atoms with Gasteiger partial charge >= 0.3 is 11.2 Å². The Labute approximate surface area is 97.8 Å². The largest absolute Gasteiger partial charge is 0.425 e. The number of hydrogen-bond donors (Lipinski definition) is 1. The van der Waals surface area contributed by atoms with E-state index in [-0.39, 0.29) is 21.3 Å². The zero-order valence-electron chi connectivity index (χ0n) is 8.64. The van der Waals surface area contributed by atoms with Gasteiger partial charge in [0, 0.05) is 23.6 Å². The van der Waals surface area contributed by atoms with Crippen molar-refractivity contribution in [2.45, 2.75) is 0 Å². The van der Waals surface area contributed by atoms with Crippen LogP contribution >= 0.6 is 0 Å². The highest BCUT2D eigenvalue weighted by Gasteiger charge is 2.19. The Balaban J connectivity index is 2.87. The van der Waals surface area contributed by atoms with E-state index in [2.05, 4.69) is 0 Å². The average Bonchev–Trinajstić information content (AvgIpc) is 2.32. The number of nitrogens with zero attached hydrogens (tertiary/aromatic N) is 3. The SMILES string of the molecule is O=c1c([N+](=O)[O-])cc2cc([N+](=O)[O-])ccc2n1O. The van der Waals surface area contributed by atoms with E-state index in [1.54, 1.807) is 0 Å². The summed E-state index contributed by atoms with van der Waals surface area (Å²) in [6.45, 7) is 0. The molecule has 2 rings (SSSR count). The maximum absolute atomic E-state index is 11.4. The lowest BCUT2D eigenvalue weighted by atomic mass is 10.2. The number of benzene rings is 1. The number of non-ortho nitro benzene ring substituents is 1. The molecule has 0 radical (unpaired) electrons. The summed E-state index contributed by atoms with van der Waals surface area (Å²) in [4.78, 5) is 30.9. The average molecular weight is 251 g/mol. The van der Waals surface area contributed by atoms with Crippen LogP contribution in [0.1, 0.15) is 0 Å². The molecule has 0 saturated heterocycles. The first kappa shape index (κ1) is 11.5. The number of hydrogen-bond acceptors (Lipinski definition) is 6. The van der Waals surface area contributed by atoms with E-state index >= 15 is 0 Å². The van der Waals surface area contributed by atoms with Gasteiger partial charge in [0.15, 0.2) is 0 Å². The zero-order valence-corrected chi connectivity index (χ0v) is 8.64. The van der Waals surface area contributed by atoms with E-state index in [1.807, 2.05) is 0 Å². The summed E-state index contributed by atoms with van der Waals surface area (Å²) in [5.74, 6) is 0. The Hall–Kier alpha value is -2.97. The molecule has 0 aliphatic heterocycles. The third kappa shape index (κ3) is 1.63. The minimum absolute atomic E-state index is 0.0259. The van der Waals surface area contributed by atoms with Crippen molar-refractivity contribution in [1.29, 1.82) is 0 Å². The van der Waals surface area contributed by atoms with Crippen LogP contribution in [0.25, 0.3) is 10.9 Å². The first-order valence-corrected chi connectivity index (χ1v) is 4.59. The van der Waals surface area contributed by atoms with Gasteiger partial charge in [0.05, 0.1) is 15.4 Å². The van der Waals surface area contributed by atoms with Crippen LogP contribution in [-0.4, -0.2) is 19.8 Å². The van der Waals surface area contributed by atoms with Crippen molar-refractivity contribution in [3.05, 3.63) is 54.8 Å². The fraction of sp³-hybridized carbons (Fsp3) is 0. The number of fused-ring (bicyclic) bond motifs is 1.